The van der Waals surface area contributed by atoms with Crippen LogP contribution < -0.4 is 5.32 Å². The van der Waals surface area contributed by atoms with E-state index in [2.05, 4.69) is 60.1 Å². The number of rotatable bonds is 2. The van der Waals surface area contributed by atoms with Crippen LogP contribution in [-0.2, 0) is 6.42 Å². The van der Waals surface area contributed by atoms with Crippen molar-refractivity contribution >= 4 is 11.8 Å². The van der Waals surface area contributed by atoms with E-state index >= 15 is 0 Å². The monoisotopic (exact) mass is 262 g/mol. The van der Waals surface area contributed by atoms with Crippen LogP contribution in [0.25, 0.3) is 0 Å². The Balaban J connectivity index is 1.65. The molecule has 0 amide bonds. The fourth-order valence-electron chi connectivity index (χ4n) is 2.96. The summed E-state index contributed by atoms with van der Waals surface area (Å²) in [6, 6.07) is 8.87. The first-order valence-corrected chi connectivity index (χ1v) is 7.73. The molecule has 0 aliphatic carbocycles. The third-order valence-electron chi connectivity index (χ3n) is 4.11. The van der Waals surface area contributed by atoms with Crippen LogP contribution in [-0.4, -0.2) is 41.9 Å². The van der Waals surface area contributed by atoms with Gasteiger partial charge in [0.1, 0.15) is 0 Å². The van der Waals surface area contributed by atoms with Gasteiger partial charge in [-0.2, -0.15) is 0 Å². The van der Waals surface area contributed by atoms with Crippen LogP contribution in [0.3, 0.4) is 0 Å². The number of thioether (sulfide) groups is 1. The van der Waals surface area contributed by atoms with Crippen LogP contribution in [0.5, 0.6) is 0 Å². The van der Waals surface area contributed by atoms with E-state index < -0.39 is 0 Å². The average Bonchev–Trinajstić information content (AvgIpc) is 2.74. The van der Waals surface area contributed by atoms with Crippen molar-refractivity contribution < 1.29 is 0 Å². The molecule has 1 saturated heterocycles. The molecule has 2 heterocycles. The lowest BCUT2D eigenvalue weighted by Crippen LogP contribution is -2.59. The average molecular weight is 262 g/mol. The van der Waals surface area contributed by atoms with Crippen molar-refractivity contribution in [1.82, 2.24) is 10.2 Å². The van der Waals surface area contributed by atoms with Gasteiger partial charge in [0, 0.05) is 41.9 Å². The molecule has 1 atom stereocenters. The predicted octanol–water partition coefficient (Wildman–Crippen LogP) is 2.39. The van der Waals surface area contributed by atoms with Crippen LogP contribution in [0.2, 0.25) is 0 Å². The Labute approximate surface area is 114 Å². The summed E-state index contributed by atoms with van der Waals surface area (Å²) < 4.78 is 0. The van der Waals surface area contributed by atoms with Crippen LogP contribution in [0, 0.1) is 0 Å². The number of fused-ring (bicyclic) bond motifs is 1. The molecule has 0 saturated carbocycles. The van der Waals surface area contributed by atoms with Gasteiger partial charge in [0.05, 0.1) is 0 Å². The lowest BCUT2D eigenvalue weighted by Gasteiger charge is -2.43. The molecule has 2 nitrogen and oxygen atoms in total. The summed E-state index contributed by atoms with van der Waals surface area (Å²) in [6.45, 7) is 9.34. The molecule has 3 rings (SSSR count). The summed E-state index contributed by atoms with van der Waals surface area (Å²) in [5.74, 6) is 0. The molecule has 0 bridgehead atoms. The second kappa shape index (κ2) is 4.87. The van der Waals surface area contributed by atoms with Gasteiger partial charge < -0.3 is 5.32 Å². The minimum atomic E-state index is 0.299. The second-order valence-electron chi connectivity index (χ2n) is 5.99. The molecule has 0 radical (unpaired) electrons. The zero-order chi connectivity index (χ0) is 12.6. The van der Waals surface area contributed by atoms with Crippen LogP contribution in [0.15, 0.2) is 29.2 Å². The molecular formula is C15H22N2S. The van der Waals surface area contributed by atoms with Gasteiger partial charge in [0.25, 0.3) is 0 Å². The van der Waals surface area contributed by atoms with Gasteiger partial charge in [-0.05, 0) is 31.9 Å². The first kappa shape index (κ1) is 12.5. The van der Waals surface area contributed by atoms with Crippen molar-refractivity contribution in [2.75, 3.05) is 26.2 Å². The van der Waals surface area contributed by atoms with E-state index in [0.29, 0.717) is 5.54 Å². The van der Waals surface area contributed by atoms with Gasteiger partial charge in [-0.1, -0.05) is 18.2 Å². The second-order valence-corrected chi connectivity index (χ2v) is 7.33. The van der Waals surface area contributed by atoms with E-state index in [1.54, 1.807) is 5.56 Å². The molecule has 2 aliphatic rings. The highest BCUT2D eigenvalue weighted by atomic mass is 32.2. The van der Waals surface area contributed by atoms with E-state index in [9.17, 15) is 0 Å². The first-order chi connectivity index (χ1) is 8.65. The number of nitrogens with one attached hydrogen (secondary N) is 1. The van der Waals surface area contributed by atoms with Crippen molar-refractivity contribution in [3.05, 3.63) is 29.8 Å². The fraction of sp³-hybridized carbons (Fsp3) is 0.600. The van der Waals surface area contributed by atoms with Crippen molar-refractivity contribution in [1.29, 1.82) is 0 Å². The summed E-state index contributed by atoms with van der Waals surface area (Å²) in [4.78, 5) is 4.16. The third kappa shape index (κ3) is 2.44. The molecule has 0 spiro atoms. The molecule has 1 fully saturated rings. The lowest BCUT2D eigenvalue weighted by molar-refractivity contribution is 0.0915. The summed E-state index contributed by atoms with van der Waals surface area (Å²) >= 11 is 2.07. The SMILES string of the molecule is CC1(C)CNCCN1CC1Cc2ccccc2S1. The lowest BCUT2D eigenvalue weighted by atomic mass is 9.99. The largest absolute Gasteiger partial charge is 0.314 e. The summed E-state index contributed by atoms with van der Waals surface area (Å²) in [6.07, 6.45) is 1.24. The summed E-state index contributed by atoms with van der Waals surface area (Å²) in [5, 5.41) is 4.23. The number of nitrogens with zero attached hydrogens (tertiary/aromatic N) is 1. The zero-order valence-electron chi connectivity index (χ0n) is 11.3. The minimum Gasteiger partial charge on any atom is -0.314 e. The normalized spacial score (nSPS) is 27.1. The van der Waals surface area contributed by atoms with Crippen molar-refractivity contribution in [3.63, 3.8) is 0 Å². The topological polar surface area (TPSA) is 15.3 Å². The Hall–Kier alpha value is -0.510. The highest BCUT2D eigenvalue weighted by molar-refractivity contribution is 8.00. The standard InChI is InChI=1S/C15H22N2S/c1-15(2)11-16-7-8-17(15)10-13-9-12-5-3-4-6-14(12)18-13/h3-6,13,16H,7-11H2,1-2H3. The summed E-state index contributed by atoms with van der Waals surface area (Å²) in [5.41, 5.74) is 1.84. The van der Waals surface area contributed by atoms with Crippen molar-refractivity contribution in [3.8, 4) is 0 Å². The van der Waals surface area contributed by atoms with Crippen LogP contribution in [0.4, 0.5) is 0 Å². The van der Waals surface area contributed by atoms with E-state index in [1.807, 2.05) is 0 Å². The number of benzene rings is 1. The van der Waals surface area contributed by atoms with Gasteiger partial charge in [-0.25, -0.2) is 0 Å². The summed E-state index contributed by atoms with van der Waals surface area (Å²) in [7, 11) is 0. The number of piperazine rings is 1. The predicted molar refractivity (Wildman–Crippen MR) is 78.3 cm³/mol. The molecule has 3 heteroatoms. The Bertz CT molecular complexity index is 405. The van der Waals surface area contributed by atoms with E-state index in [-0.39, 0.29) is 0 Å². The molecule has 98 valence electrons. The van der Waals surface area contributed by atoms with Crippen molar-refractivity contribution in [2.45, 2.75) is 36.0 Å². The van der Waals surface area contributed by atoms with E-state index in [4.69, 9.17) is 0 Å². The maximum absolute atomic E-state index is 3.50. The zero-order valence-corrected chi connectivity index (χ0v) is 12.1. The maximum atomic E-state index is 3.50. The Morgan fingerprint density at radius 1 is 1.39 bits per heavy atom. The van der Waals surface area contributed by atoms with Gasteiger partial charge in [0.15, 0.2) is 0 Å². The highest BCUT2D eigenvalue weighted by Gasteiger charge is 2.33. The molecule has 1 aromatic carbocycles. The van der Waals surface area contributed by atoms with Crippen LogP contribution >= 0.6 is 11.8 Å². The Morgan fingerprint density at radius 3 is 3.00 bits per heavy atom. The van der Waals surface area contributed by atoms with Gasteiger partial charge >= 0.3 is 0 Å². The molecule has 0 aromatic heterocycles. The smallest absolute Gasteiger partial charge is 0.0278 e. The number of hydrogen-bond donors (Lipinski definition) is 1. The van der Waals surface area contributed by atoms with Gasteiger partial charge in [-0.3, -0.25) is 4.90 Å². The van der Waals surface area contributed by atoms with Crippen molar-refractivity contribution in [2.24, 2.45) is 0 Å². The first-order valence-electron chi connectivity index (χ1n) is 6.85. The Kier molecular flexibility index (Phi) is 3.39. The van der Waals surface area contributed by atoms with E-state index in [1.165, 1.54) is 24.4 Å². The van der Waals surface area contributed by atoms with E-state index in [0.717, 1.165) is 18.3 Å². The molecule has 2 aliphatic heterocycles. The molecule has 1 N–H and O–H groups in total. The highest BCUT2D eigenvalue weighted by Crippen LogP contribution is 2.37. The van der Waals surface area contributed by atoms with Gasteiger partial charge in [0.2, 0.25) is 0 Å². The minimum absolute atomic E-state index is 0.299. The number of hydrogen-bond acceptors (Lipinski definition) is 3. The molecule has 1 aromatic rings. The molecule has 1 unspecified atom stereocenters. The molecule has 18 heavy (non-hydrogen) atoms. The molecular weight excluding hydrogens is 240 g/mol. The third-order valence-corrected chi connectivity index (χ3v) is 5.41. The maximum Gasteiger partial charge on any atom is 0.0278 e. The quantitative estimate of drug-likeness (QED) is 0.881. The Morgan fingerprint density at radius 2 is 2.22 bits per heavy atom. The fourth-order valence-corrected chi connectivity index (χ4v) is 4.30. The van der Waals surface area contributed by atoms with Crippen LogP contribution in [0.1, 0.15) is 19.4 Å². The van der Waals surface area contributed by atoms with Gasteiger partial charge in [-0.15, -0.1) is 11.8 Å².